The monoisotopic (exact) mass is 239 g/mol. The molecule has 0 aromatic heterocycles. The average molecular weight is 239 g/mol. The van der Waals surface area contributed by atoms with E-state index in [1.807, 2.05) is 0 Å². The van der Waals surface area contributed by atoms with Crippen LogP contribution in [0.5, 0.6) is 0 Å². The van der Waals surface area contributed by atoms with E-state index >= 15 is 0 Å². The average Bonchev–Trinajstić information content (AvgIpc) is 2.37. The molecule has 5 nitrogen and oxygen atoms in total. The Morgan fingerprint density at radius 1 is 1.41 bits per heavy atom. The van der Waals surface area contributed by atoms with Crippen LogP contribution in [0.3, 0.4) is 0 Å². The molecule has 4 N–H and O–H groups in total. The van der Waals surface area contributed by atoms with E-state index in [9.17, 15) is 15.0 Å². The maximum absolute atomic E-state index is 11.5. The molecule has 0 bridgehead atoms. The molecule has 0 saturated carbocycles. The summed E-state index contributed by atoms with van der Waals surface area (Å²) in [7, 11) is 1.27. The predicted molar refractivity (Wildman–Crippen MR) is 62.4 cm³/mol. The third-order valence-corrected chi connectivity index (χ3v) is 2.51. The highest BCUT2D eigenvalue weighted by Gasteiger charge is 2.23. The quantitative estimate of drug-likeness (QED) is 0.639. The van der Waals surface area contributed by atoms with Gasteiger partial charge < -0.3 is 20.7 Å². The lowest BCUT2D eigenvalue weighted by molar-refractivity contribution is 0.0138. The predicted octanol–water partition coefficient (Wildman–Crippen LogP) is 0.216. The van der Waals surface area contributed by atoms with E-state index in [0.29, 0.717) is 5.56 Å². The molecule has 0 amide bonds. The van der Waals surface area contributed by atoms with Crippen LogP contribution in [-0.4, -0.2) is 35.9 Å². The van der Waals surface area contributed by atoms with Gasteiger partial charge in [-0.25, -0.2) is 4.79 Å². The smallest absolute Gasteiger partial charge is 0.338 e. The van der Waals surface area contributed by atoms with Gasteiger partial charge in [-0.3, -0.25) is 0 Å². The van der Waals surface area contributed by atoms with Crippen LogP contribution in [-0.2, 0) is 4.74 Å². The molecule has 0 aliphatic carbocycles. The highest BCUT2D eigenvalue weighted by atomic mass is 16.5. The molecule has 1 aromatic rings. The number of carbonyl (C=O) groups is 1. The summed E-state index contributed by atoms with van der Waals surface area (Å²) in [6, 6.07) is 6.47. The van der Waals surface area contributed by atoms with Crippen molar-refractivity contribution in [1.82, 2.24) is 0 Å². The second kappa shape index (κ2) is 6.34. The number of methoxy groups -OCH3 is 1. The van der Waals surface area contributed by atoms with Crippen molar-refractivity contribution in [3.8, 4) is 0 Å². The minimum atomic E-state index is -1.14. The summed E-state index contributed by atoms with van der Waals surface area (Å²) in [5.41, 5.74) is 5.90. The number of rotatable bonds is 5. The fraction of sp³-hybridized carbons (Fsp3) is 0.417. The lowest BCUT2D eigenvalue weighted by Gasteiger charge is -2.19. The van der Waals surface area contributed by atoms with Gasteiger partial charge in [-0.1, -0.05) is 18.2 Å². The van der Waals surface area contributed by atoms with Crippen LogP contribution in [0.15, 0.2) is 24.3 Å². The molecule has 0 aliphatic heterocycles. The first kappa shape index (κ1) is 13.6. The zero-order valence-corrected chi connectivity index (χ0v) is 9.67. The molecule has 17 heavy (non-hydrogen) atoms. The van der Waals surface area contributed by atoms with E-state index in [-0.39, 0.29) is 18.5 Å². The molecule has 0 saturated heterocycles. The van der Waals surface area contributed by atoms with Gasteiger partial charge >= 0.3 is 5.97 Å². The highest BCUT2D eigenvalue weighted by Crippen LogP contribution is 2.23. The van der Waals surface area contributed by atoms with E-state index in [2.05, 4.69) is 4.74 Å². The summed E-state index contributed by atoms with van der Waals surface area (Å²) in [5.74, 6) is -0.542. The molecule has 5 heteroatoms. The standard InChI is InChI=1S/C12H17NO4/c1-17-12(16)9-5-3-2-4-8(9)11(15)10(14)6-7-13/h2-5,10-11,14-15H,6-7,13H2,1H3. The third-order valence-electron chi connectivity index (χ3n) is 2.51. The zero-order chi connectivity index (χ0) is 12.8. The van der Waals surface area contributed by atoms with Gasteiger partial charge in [-0.15, -0.1) is 0 Å². The van der Waals surface area contributed by atoms with E-state index in [1.165, 1.54) is 7.11 Å². The zero-order valence-electron chi connectivity index (χ0n) is 9.67. The lowest BCUT2D eigenvalue weighted by atomic mass is 9.97. The first-order valence-corrected chi connectivity index (χ1v) is 5.35. The largest absolute Gasteiger partial charge is 0.465 e. The number of hydrogen-bond donors (Lipinski definition) is 3. The Kier molecular flexibility index (Phi) is 5.09. The molecule has 0 spiro atoms. The van der Waals surface area contributed by atoms with Crippen LogP contribution >= 0.6 is 0 Å². The van der Waals surface area contributed by atoms with Gasteiger partial charge in [0.1, 0.15) is 6.10 Å². The second-order valence-corrected chi connectivity index (χ2v) is 3.67. The van der Waals surface area contributed by atoms with Crippen molar-refractivity contribution in [2.45, 2.75) is 18.6 Å². The minimum absolute atomic E-state index is 0.249. The number of benzene rings is 1. The highest BCUT2D eigenvalue weighted by molar-refractivity contribution is 5.91. The van der Waals surface area contributed by atoms with Crippen molar-refractivity contribution in [3.05, 3.63) is 35.4 Å². The molecule has 1 rings (SSSR count). The van der Waals surface area contributed by atoms with Crippen molar-refractivity contribution >= 4 is 5.97 Å². The molecule has 0 fully saturated rings. The number of hydrogen-bond acceptors (Lipinski definition) is 5. The normalized spacial score (nSPS) is 14.1. The molecule has 2 unspecified atom stereocenters. The Labute approximate surface area is 99.8 Å². The summed E-state index contributed by atoms with van der Waals surface area (Å²) in [5, 5.41) is 19.6. The van der Waals surface area contributed by atoms with Gasteiger partial charge in [-0.05, 0) is 24.6 Å². The van der Waals surface area contributed by atoms with Crippen molar-refractivity contribution in [2.24, 2.45) is 5.73 Å². The van der Waals surface area contributed by atoms with Crippen LogP contribution < -0.4 is 5.73 Å². The van der Waals surface area contributed by atoms with E-state index in [4.69, 9.17) is 5.73 Å². The fourth-order valence-corrected chi connectivity index (χ4v) is 1.59. The lowest BCUT2D eigenvalue weighted by Crippen LogP contribution is -2.23. The first-order valence-electron chi connectivity index (χ1n) is 5.35. The number of aliphatic hydroxyl groups excluding tert-OH is 2. The molecule has 0 aliphatic rings. The third kappa shape index (κ3) is 3.26. The van der Waals surface area contributed by atoms with Gasteiger partial charge in [0, 0.05) is 0 Å². The topological polar surface area (TPSA) is 92.8 Å². The van der Waals surface area contributed by atoms with Crippen LogP contribution in [0, 0.1) is 0 Å². The number of esters is 1. The van der Waals surface area contributed by atoms with Gasteiger partial charge in [0.15, 0.2) is 0 Å². The number of ether oxygens (including phenoxy) is 1. The van der Waals surface area contributed by atoms with Crippen LogP contribution in [0.1, 0.15) is 28.4 Å². The molecule has 1 aromatic carbocycles. The summed E-state index contributed by atoms with van der Waals surface area (Å²) in [6.07, 6.45) is -1.88. The van der Waals surface area contributed by atoms with Gasteiger partial charge in [0.25, 0.3) is 0 Å². The molecule has 0 heterocycles. The summed E-state index contributed by atoms with van der Waals surface area (Å²) >= 11 is 0. The van der Waals surface area contributed by atoms with Crippen molar-refractivity contribution in [2.75, 3.05) is 13.7 Å². The Hall–Kier alpha value is -1.43. The van der Waals surface area contributed by atoms with Gasteiger partial charge in [-0.2, -0.15) is 0 Å². The van der Waals surface area contributed by atoms with E-state index < -0.39 is 18.2 Å². The Morgan fingerprint density at radius 3 is 2.65 bits per heavy atom. The summed E-state index contributed by atoms with van der Waals surface area (Å²) in [4.78, 5) is 11.5. The Bertz CT molecular complexity index is 381. The molecule has 2 atom stereocenters. The SMILES string of the molecule is COC(=O)c1ccccc1C(O)C(O)CCN. The van der Waals surface area contributed by atoms with Crippen molar-refractivity contribution in [3.63, 3.8) is 0 Å². The summed E-state index contributed by atoms with van der Waals surface area (Å²) in [6.45, 7) is 0.263. The van der Waals surface area contributed by atoms with E-state index in [0.717, 1.165) is 0 Å². The van der Waals surface area contributed by atoms with Gasteiger partial charge in [0.2, 0.25) is 0 Å². The molecule has 94 valence electrons. The fourth-order valence-electron chi connectivity index (χ4n) is 1.59. The second-order valence-electron chi connectivity index (χ2n) is 3.67. The van der Waals surface area contributed by atoms with Crippen LogP contribution in [0.25, 0.3) is 0 Å². The summed E-state index contributed by atoms with van der Waals surface area (Å²) < 4.78 is 4.61. The first-order chi connectivity index (χ1) is 8.11. The van der Waals surface area contributed by atoms with Crippen molar-refractivity contribution in [1.29, 1.82) is 0 Å². The number of carbonyl (C=O) groups excluding carboxylic acids is 1. The van der Waals surface area contributed by atoms with Crippen molar-refractivity contribution < 1.29 is 19.7 Å². The van der Waals surface area contributed by atoms with E-state index in [1.54, 1.807) is 24.3 Å². The maximum atomic E-state index is 11.5. The molecular weight excluding hydrogens is 222 g/mol. The number of aliphatic hydroxyl groups is 2. The Morgan fingerprint density at radius 2 is 2.06 bits per heavy atom. The maximum Gasteiger partial charge on any atom is 0.338 e. The van der Waals surface area contributed by atoms with Crippen LogP contribution in [0.4, 0.5) is 0 Å². The Balaban J connectivity index is 3.00. The number of nitrogens with two attached hydrogens (primary N) is 1. The van der Waals surface area contributed by atoms with Gasteiger partial charge in [0.05, 0.1) is 18.8 Å². The minimum Gasteiger partial charge on any atom is -0.465 e. The molecule has 0 radical (unpaired) electrons. The van der Waals surface area contributed by atoms with Crippen LogP contribution in [0.2, 0.25) is 0 Å². The molecular formula is C12H17NO4.